The maximum atomic E-state index is 6.15. The first-order valence-corrected chi connectivity index (χ1v) is 11.8. The minimum absolute atomic E-state index is 0. The number of fused-ring (bicyclic) bond motifs is 1. The van der Waals surface area contributed by atoms with Gasteiger partial charge in [0.2, 0.25) is 5.95 Å². The summed E-state index contributed by atoms with van der Waals surface area (Å²) in [5.41, 5.74) is 11.4. The van der Waals surface area contributed by atoms with E-state index in [1.54, 1.807) is 0 Å². The van der Waals surface area contributed by atoms with E-state index >= 15 is 0 Å². The van der Waals surface area contributed by atoms with Gasteiger partial charge in [0.25, 0.3) is 0 Å². The van der Waals surface area contributed by atoms with Crippen molar-refractivity contribution in [3.8, 4) is 11.3 Å². The van der Waals surface area contributed by atoms with Crippen LogP contribution >= 0.6 is 12.4 Å². The van der Waals surface area contributed by atoms with E-state index in [1.165, 1.54) is 18.5 Å². The average molecular weight is 456 g/mol. The Balaban J connectivity index is 0.00000245. The molecule has 8 heteroatoms. The van der Waals surface area contributed by atoms with E-state index in [-0.39, 0.29) is 12.4 Å². The minimum atomic E-state index is 0. The zero-order valence-electron chi connectivity index (χ0n) is 18.8. The highest BCUT2D eigenvalue weighted by Crippen LogP contribution is 2.36. The zero-order chi connectivity index (χ0) is 21.2. The topological polar surface area (TPSA) is 95.8 Å². The predicted octanol–water partition coefficient (Wildman–Crippen LogP) is 4.68. The van der Waals surface area contributed by atoms with Crippen LogP contribution < -0.4 is 16.0 Å². The Morgan fingerprint density at radius 3 is 2.69 bits per heavy atom. The van der Waals surface area contributed by atoms with Crippen LogP contribution in [0.1, 0.15) is 57.6 Å². The molecule has 0 unspecified atom stereocenters. The molecule has 0 amide bonds. The number of hydrogen-bond donors (Lipinski definition) is 3. The summed E-state index contributed by atoms with van der Waals surface area (Å²) in [5, 5.41) is 5.02. The Bertz CT molecular complexity index is 1040. The molecule has 4 heterocycles. The summed E-state index contributed by atoms with van der Waals surface area (Å²) in [6, 6.07) is 5.02. The molecule has 0 radical (unpaired) electrons. The van der Waals surface area contributed by atoms with Crippen molar-refractivity contribution in [1.82, 2.24) is 19.9 Å². The average Bonchev–Trinajstić information content (AvgIpc) is 3.46. The van der Waals surface area contributed by atoms with Crippen LogP contribution in [0.3, 0.4) is 0 Å². The van der Waals surface area contributed by atoms with Crippen LogP contribution in [0.5, 0.6) is 0 Å². The van der Waals surface area contributed by atoms with E-state index in [2.05, 4.69) is 33.2 Å². The lowest BCUT2D eigenvalue weighted by Gasteiger charge is -2.28. The lowest BCUT2D eigenvalue weighted by molar-refractivity contribution is 0.411. The number of aromatic amines is 1. The molecule has 32 heavy (non-hydrogen) atoms. The second-order valence-electron chi connectivity index (χ2n) is 9.05. The molecule has 4 N–H and O–H groups in total. The Morgan fingerprint density at radius 2 is 1.94 bits per heavy atom. The molecule has 7 nitrogen and oxygen atoms in total. The molecule has 1 aliphatic heterocycles. The van der Waals surface area contributed by atoms with Crippen molar-refractivity contribution in [1.29, 1.82) is 0 Å². The van der Waals surface area contributed by atoms with Gasteiger partial charge in [0, 0.05) is 54.2 Å². The molecule has 1 saturated heterocycles. The Labute approximate surface area is 196 Å². The fourth-order valence-electron chi connectivity index (χ4n) is 4.92. The Hall–Kier alpha value is -2.38. The van der Waals surface area contributed by atoms with Gasteiger partial charge in [-0.3, -0.25) is 0 Å². The van der Waals surface area contributed by atoms with Gasteiger partial charge < -0.3 is 20.9 Å². The van der Waals surface area contributed by atoms with Gasteiger partial charge in [-0.05, 0) is 57.1 Å². The molecule has 5 rings (SSSR count). The number of nitrogens with two attached hydrogens (primary N) is 1. The number of anilines is 2. The number of aromatic nitrogens is 4. The van der Waals surface area contributed by atoms with E-state index in [0.29, 0.717) is 12.1 Å². The van der Waals surface area contributed by atoms with E-state index in [4.69, 9.17) is 15.7 Å². The molecular formula is C24H34ClN7. The zero-order valence-corrected chi connectivity index (χ0v) is 19.6. The number of pyridine rings is 1. The first-order chi connectivity index (χ1) is 15.2. The van der Waals surface area contributed by atoms with Gasteiger partial charge in [0.05, 0.1) is 11.4 Å². The number of halogens is 1. The first kappa shape index (κ1) is 22.8. The molecule has 0 aromatic carbocycles. The summed E-state index contributed by atoms with van der Waals surface area (Å²) in [6.45, 7) is 4.27. The third-order valence-electron chi connectivity index (χ3n) is 6.66. The molecule has 3 aromatic heterocycles. The molecule has 0 bridgehead atoms. The van der Waals surface area contributed by atoms with Crippen molar-refractivity contribution >= 4 is 35.1 Å². The predicted molar refractivity (Wildman–Crippen MR) is 134 cm³/mol. The second-order valence-corrected chi connectivity index (χ2v) is 9.05. The summed E-state index contributed by atoms with van der Waals surface area (Å²) < 4.78 is 0. The van der Waals surface area contributed by atoms with Gasteiger partial charge in [-0.2, -0.15) is 0 Å². The molecule has 1 saturated carbocycles. The SMILES string of the molecule is CCCc1cc2c(N[C@H]3CC[C@H](N)CC3)c(-c3ccnc(N4CCCC4)n3)cnc2[nH]1.Cl. The van der Waals surface area contributed by atoms with Gasteiger partial charge in [0.1, 0.15) is 5.65 Å². The molecule has 0 spiro atoms. The van der Waals surface area contributed by atoms with E-state index in [9.17, 15) is 0 Å². The van der Waals surface area contributed by atoms with Gasteiger partial charge in [-0.1, -0.05) is 13.3 Å². The smallest absolute Gasteiger partial charge is 0.225 e. The van der Waals surface area contributed by atoms with Gasteiger partial charge in [0.15, 0.2) is 0 Å². The van der Waals surface area contributed by atoms with Crippen LogP contribution in [-0.4, -0.2) is 45.1 Å². The fourth-order valence-corrected chi connectivity index (χ4v) is 4.92. The van der Waals surface area contributed by atoms with Crippen LogP contribution in [0.15, 0.2) is 24.5 Å². The van der Waals surface area contributed by atoms with Gasteiger partial charge in [-0.15, -0.1) is 12.4 Å². The molecule has 3 aromatic rings. The molecule has 2 aliphatic rings. The van der Waals surface area contributed by atoms with E-state index in [1.807, 2.05) is 18.5 Å². The third-order valence-corrected chi connectivity index (χ3v) is 6.66. The highest BCUT2D eigenvalue weighted by Gasteiger charge is 2.23. The van der Waals surface area contributed by atoms with Crippen molar-refractivity contribution in [2.75, 3.05) is 23.3 Å². The van der Waals surface area contributed by atoms with Crippen molar-refractivity contribution in [3.63, 3.8) is 0 Å². The largest absolute Gasteiger partial charge is 0.381 e. The van der Waals surface area contributed by atoms with Crippen LogP contribution in [0.2, 0.25) is 0 Å². The normalized spacial score (nSPS) is 21.0. The van der Waals surface area contributed by atoms with Crippen molar-refractivity contribution in [2.45, 2.75) is 70.4 Å². The van der Waals surface area contributed by atoms with Gasteiger partial charge in [-0.25, -0.2) is 15.0 Å². The monoisotopic (exact) mass is 455 g/mol. The van der Waals surface area contributed by atoms with Crippen LogP contribution in [0.25, 0.3) is 22.3 Å². The summed E-state index contributed by atoms with van der Waals surface area (Å²) in [7, 11) is 0. The number of nitrogens with zero attached hydrogens (tertiary/aromatic N) is 4. The second kappa shape index (κ2) is 10.0. The van der Waals surface area contributed by atoms with Crippen molar-refractivity contribution < 1.29 is 0 Å². The molecular weight excluding hydrogens is 422 g/mol. The fraction of sp³-hybridized carbons (Fsp3) is 0.542. The third kappa shape index (κ3) is 4.69. The summed E-state index contributed by atoms with van der Waals surface area (Å²) in [5.74, 6) is 0.824. The Kier molecular flexibility index (Phi) is 7.16. The standard InChI is InChI=1S/C24H33N7.ClH/c1-2-5-18-14-19-22(28-17-8-6-16(25)7-9-17)20(15-27-23(19)29-18)21-10-11-26-24(30-21)31-12-3-4-13-31;/h10-11,14-17H,2-9,12-13,25H2,1H3,(H2,27,28,29);1H/t16-,17-;. The molecule has 172 valence electrons. The number of aryl methyl sites for hydroxylation is 1. The Morgan fingerprint density at radius 1 is 1.16 bits per heavy atom. The van der Waals surface area contributed by atoms with Crippen LogP contribution in [0, 0.1) is 0 Å². The highest BCUT2D eigenvalue weighted by molar-refractivity contribution is 5.98. The maximum absolute atomic E-state index is 6.15. The summed E-state index contributed by atoms with van der Waals surface area (Å²) >= 11 is 0. The lowest BCUT2D eigenvalue weighted by atomic mass is 9.91. The number of rotatable bonds is 6. The number of hydrogen-bond acceptors (Lipinski definition) is 6. The molecule has 1 aliphatic carbocycles. The molecule has 2 fully saturated rings. The van der Waals surface area contributed by atoms with Crippen LogP contribution in [-0.2, 0) is 6.42 Å². The summed E-state index contributed by atoms with van der Waals surface area (Å²) in [6.07, 6.45) is 12.7. The lowest BCUT2D eigenvalue weighted by Crippen LogP contribution is -2.33. The minimum Gasteiger partial charge on any atom is -0.381 e. The molecule has 0 atom stereocenters. The van der Waals surface area contributed by atoms with E-state index < -0.39 is 0 Å². The highest BCUT2D eigenvalue weighted by atomic mass is 35.5. The first-order valence-electron chi connectivity index (χ1n) is 11.8. The van der Waals surface area contributed by atoms with Gasteiger partial charge >= 0.3 is 0 Å². The quantitative estimate of drug-likeness (QED) is 0.499. The maximum Gasteiger partial charge on any atom is 0.225 e. The van der Waals surface area contributed by atoms with Crippen LogP contribution in [0.4, 0.5) is 11.6 Å². The number of nitrogens with one attached hydrogen (secondary N) is 2. The van der Waals surface area contributed by atoms with Crippen molar-refractivity contribution in [3.05, 3.63) is 30.2 Å². The summed E-state index contributed by atoms with van der Waals surface area (Å²) in [4.78, 5) is 20.0. The number of H-pyrrole nitrogens is 1. The van der Waals surface area contributed by atoms with Crippen molar-refractivity contribution in [2.24, 2.45) is 5.73 Å². The van der Waals surface area contributed by atoms with E-state index in [0.717, 1.165) is 85.5 Å².